The van der Waals surface area contributed by atoms with Crippen LogP contribution in [0, 0.1) is 0 Å². The summed E-state index contributed by atoms with van der Waals surface area (Å²) in [5.41, 5.74) is 16.3. The van der Waals surface area contributed by atoms with Gasteiger partial charge in [-0.15, -0.1) is 0 Å². The van der Waals surface area contributed by atoms with E-state index >= 15 is 0 Å². The Kier molecular flexibility index (Phi) is 4.53. The topological polar surface area (TPSA) is 98.9 Å². The standard InChI is InChI=1S/C19H23N7/c20-17-5-8-23-19(21)18(17)15-6-9-25(10-7-15)11-14-1-3-16(4-2-14)26-13-22-12-24-26/h1-5,8,12-13,15H,6-7,9-11H2,(H4,20,21,23). The Bertz CT molecular complexity index is 830. The fourth-order valence-corrected chi connectivity index (χ4v) is 3.68. The number of hydrogen-bond donors (Lipinski definition) is 2. The predicted molar refractivity (Wildman–Crippen MR) is 102 cm³/mol. The van der Waals surface area contributed by atoms with Gasteiger partial charge in [0.15, 0.2) is 0 Å². The number of rotatable bonds is 4. The zero-order valence-corrected chi connectivity index (χ0v) is 14.6. The third kappa shape index (κ3) is 3.39. The van der Waals surface area contributed by atoms with Gasteiger partial charge in [-0.2, -0.15) is 5.10 Å². The quantitative estimate of drug-likeness (QED) is 0.749. The van der Waals surface area contributed by atoms with Gasteiger partial charge in [0, 0.05) is 24.0 Å². The van der Waals surface area contributed by atoms with E-state index in [1.807, 2.05) is 6.07 Å². The van der Waals surface area contributed by atoms with Crippen molar-refractivity contribution in [3.63, 3.8) is 0 Å². The second kappa shape index (κ2) is 7.13. The molecule has 0 spiro atoms. The number of nitrogens with two attached hydrogens (primary N) is 2. The molecule has 7 nitrogen and oxygen atoms in total. The van der Waals surface area contributed by atoms with Gasteiger partial charge < -0.3 is 11.5 Å². The fraction of sp³-hybridized carbons (Fsp3) is 0.316. The van der Waals surface area contributed by atoms with E-state index in [4.69, 9.17) is 11.5 Å². The van der Waals surface area contributed by atoms with Gasteiger partial charge in [0.05, 0.1) is 5.69 Å². The van der Waals surface area contributed by atoms with Crippen molar-refractivity contribution in [2.24, 2.45) is 0 Å². The Balaban J connectivity index is 1.37. The number of nitrogens with zero attached hydrogens (tertiary/aromatic N) is 5. The lowest BCUT2D eigenvalue weighted by atomic mass is 9.88. The monoisotopic (exact) mass is 349 g/mol. The van der Waals surface area contributed by atoms with Crippen molar-refractivity contribution in [3.8, 4) is 5.69 Å². The van der Waals surface area contributed by atoms with Crippen LogP contribution in [0.1, 0.15) is 29.9 Å². The maximum Gasteiger partial charge on any atom is 0.138 e. The predicted octanol–water partition coefficient (Wildman–Crippen LogP) is 2.21. The van der Waals surface area contributed by atoms with Gasteiger partial charge in [-0.1, -0.05) is 12.1 Å². The summed E-state index contributed by atoms with van der Waals surface area (Å²) in [7, 11) is 0. The maximum absolute atomic E-state index is 6.12. The molecular weight excluding hydrogens is 326 g/mol. The molecule has 0 saturated carbocycles. The molecule has 1 aliphatic heterocycles. The highest BCUT2D eigenvalue weighted by molar-refractivity contribution is 5.58. The minimum Gasteiger partial charge on any atom is -0.398 e. The zero-order valence-electron chi connectivity index (χ0n) is 14.6. The molecule has 0 aliphatic carbocycles. The van der Waals surface area contributed by atoms with Crippen LogP contribution in [0.15, 0.2) is 49.2 Å². The van der Waals surface area contributed by atoms with Crippen molar-refractivity contribution in [1.82, 2.24) is 24.6 Å². The molecule has 0 amide bonds. The molecule has 3 aromatic rings. The Morgan fingerprint density at radius 3 is 2.46 bits per heavy atom. The van der Waals surface area contributed by atoms with E-state index in [1.54, 1.807) is 23.5 Å². The summed E-state index contributed by atoms with van der Waals surface area (Å²) < 4.78 is 1.76. The number of aromatic nitrogens is 4. The summed E-state index contributed by atoms with van der Waals surface area (Å²) in [6.45, 7) is 3.01. The number of nitrogen functional groups attached to an aromatic ring is 2. The van der Waals surface area contributed by atoms with Crippen LogP contribution in [0.4, 0.5) is 11.5 Å². The Labute approximate surface area is 152 Å². The average Bonchev–Trinajstić information content (AvgIpc) is 3.18. The van der Waals surface area contributed by atoms with Crippen LogP contribution in [0.5, 0.6) is 0 Å². The molecule has 2 aromatic heterocycles. The van der Waals surface area contributed by atoms with E-state index in [0.717, 1.165) is 49.4 Å². The smallest absolute Gasteiger partial charge is 0.138 e. The SMILES string of the molecule is Nc1ccnc(N)c1C1CCN(Cc2ccc(-n3cncn3)cc2)CC1. The van der Waals surface area contributed by atoms with Gasteiger partial charge in [0.1, 0.15) is 18.5 Å². The maximum atomic E-state index is 6.12. The lowest BCUT2D eigenvalue weighted by molar-refractivity contribution is 0.205. The van der Waals surface area contributed by atoms with Crippen molar-refractivity contribution < 1.29 is 0 Å². The van der Waals surface area contributed by atoms with E-state index in [2.05, 4.69) is 44.2 Å². The summed E-state index contributed by atoms with van der Waals surface area (Å²) in [5.74, 6) is 0.974. The van der Waals surface area contributed by atoms with E-state index in [9.17, 15) is 0 Å². The fourth-order valence-electron chi connectivity index (χ4n) is 3.68. The summed E-state index contributed by atoms with van der Waals surface area (Å²) in [4.78, 5) is 10.7. The first-order valence-corrected chi connectivity index (χ1v) is 8.87. The van der Waals surface area contributed by atoms with Crippen molar-refractivity contribution in [2.45, 2.75) is 25.3 Å². The Morgan fingerprint density at radius 2 is 1.81 bits per heavy atom. The zero-order chi connectivity index (χ0) is 17.9. The minimum atomic E-state index is 0.398. The van der Waals surface area contributed by atoms with Crippen LogP contribution in [-0.4, -0.2) is 37.7 Å². The number of likely N-dealkylation sites (tertiary alicyclic amines) is 1. The summed E-state index contributed by atoms with van der Waals surface area (Å²) >= 11 is 0. The van der Waals surface area contributed by atoms with Crippen LogP contribution >= 0.6 is 0 Å². The molecule has 0 bridgehead atoms. The molecule has 3 heterocycles. The van der Waals surface area contributed by atoms with Gasteiger partial charge >= 0.3 is 0 Å². The van der Waals surface area contributed by atoms with E-state index in [1.165, 1.54) is 5.56 Å². The highest BCUT2D eigenvalue weighted by Gasteiger charge is 2.24. The van der Waals surface area contributed by atoms with Crippen molar-refractivity contribution in [2.75, 3.05) is 24.6 Å². The number of anilines is 2. The highest BCUT2D eigenvalue weighted by Crippen LogP contribution is 2.34. The second-order valence-corrected chi connectivity index (χ2v) is 6.76. The van der Waals surface area contributed by atoms with E-state index in [-0.39, 0.29) is 0 Å². The highest BCUT2D eigenvalue weighted by atomic mass is 15.3. The second-order valence-electron chi connectivity index (χ2n) is 6.76. The molecule has 1 saturated heterocycles. The van der Waals surface area contributed by atoms with Crippen molar-refractivity contribution in [3.05, 3.63) is 60.3 Å². The number of pyridine rings is 1. The molecule has 1 aliphatic rings. The van der Waals surface area contributed by atoms with Crippen LogP contribution < -0.4 is 11.5 Å². The van der Waals surface area contributed by atoms with Gasteiger partial charge in [0.2, 0.25) is 0 Å². The van der Waals surface area contributed by atoms with E-state index < -0.39 is 0 Å². The van der Waals surface area contributed by atoms with Gasteiger partial charge in [-0.05, 0) is 55.6 Å². The number of benzene rings is 1. The third-order valence-corrected chi connectivity index (χ3v) is 5.08. The molecule has 26 heavy (non-hydrogen) atoms. The number of hydrogen-bond acceptors (Lipinski definition) is 6. The molecule has 4 N–H and O–H groups in total. The first-order chi connectivity index (χ1) is 12.7. The molecule has 1 aromatic carbocycles. The first-order valence-electron chi connectivity index (χ1n) is 8.87. The average molecular weight is 349 g/mol. The van der Waals surface area contributed by atoms with Crippen LogP contribution in [0.25, 0.3) is 5.69 Å². The summed E-state index contributed by atoms with van der Waals surface area (Å²) in [5, 5.41) is 4.15. The van der Waals surface area contributed by atoms with Gasteiger partial charge in [-0.25, -0.2) is 14.6 Å². The van der Waals surface area contributed by atoms with Gasteiger partial charge in [0.25, 0.3) is 0 Å². The van der Waals surface area contributed by atoms with Crippen molar-refractivity contribution >= 4 is 11.5 Å². The molecule has 0 unspecified atom stereocenters. The third-order valence-electron chi connectivity index (χ3n) is 5.08. The summed E-state index contributed by atoms with van der Waals surface area (Å²) in [6, 6.07) is 10.3. The molecule has 134 valence electrons. The van der Waals surface area contributed by atoms with Crippen LogP contribution in [0.3, 0.4) is 0 Å². The molecule has 1 fully saturated rings. The van der Waals surface area contributed by atoms with Crippen LogP contribution in [-0.2, 0) is 6.54 Å². The Morgan fingerprint density at radius 1 is 1.04 bits per heavy atom. The molecule has 0 radical (unpaired) electrons. The lowest BCUT2D eigenvalue weighted by Crippen LogP contribution is -2.33. The molecule has 7 heteroatoms. The molecule has 0 atom stereocenters. The van der Waals surface area contributed by atoms with Crippen molar-refractivity contribution in [1.29, 1.82) is 0 Å². The lowest BCUT2D eigenvalue weighted by Gasteiger charge is -2.33. The minimum absolute atomic E-state index is 0.398. The van der Waals surface area contributed by atoms with E-state index in [0.29, 0.717) is 11.7 Å². The molecule has 4 rings (SSSR count). The molecular formula is C19H23N7. The number of piperidine rings is 1. The first kappa shape index (κ1) is 16.5. The summed E-state index contributed by atoms with van der Waals surface area (Å²) in [6.07, 6.45) is 7.02. The van der Waals surface area contributed by atoms with Crippen LogP contribution in [0.2, 0.25) is 0 Å². The Hall–Kier alpha value is -2.93. The van der Waals surface area contributed by atoms with Gasteiger partial charge in [-0.3, -0.25) is 4.90 Å². The largest absolute Gasteiger partial charge is 0.398 e. The normalized spacial score (nSPS) is 16.0.